The lowest BCUT2D eigenvalue weighted by Crippen LogP contribution is -2.11. The zero-order chi connectivity index (χ0) is 13.9. The van der Waals surface area contributed by atoms with Crippen LogP contribution in [0.2, 0.25) is 0 Å². The smallest absolute Gasteiger partial charge is 0.150 e. The number of carbonyl (C=O) groups is 1. The van der Waals surface area contributed by atoms with E-state index >= 15 is 0 Å². The zero-order valence-electron chi connectivity index (χ0n) is 11.3. The van der Waals surface area contributed by atoms with Crippen molar-refractivity contribution >= 4 is 29.4 Å². The first-order valence-electron chi connectivity index (χ1n) is 6.12. The van der Waals surface area contributed by atoms with Gasteiger partial charge in [0.15, 0.2) is 0 Å². The summed E-state index contributed by atoms with van der Waals surface area (Å²) < 4.78 is 0. The molecule has 0 spiro atoms. The van der Waals surface area contributed by atoms with Crippen molar-refractivity contribution in [2.24, 2.45) is 0 Å². The SMILES string of the molecule is CC(C)(C)c1csc(CSc2ccc(C=O)cc2)n1. The van der Waals surface area contributed by atoms with Crippen LogP contribution in [0.25, 0.3) is 0 Å². The molecule has 0 aliphatic carbocycles. The third-order valence-corrected chi connectivity index (χ3v) is 4.75. The van der Waals surface area contributed by atoms with Crippen LogP contribution in [0, 0.1) is 0 Å². The minimum Gasteiger partial charge on any atom is -0.298 e. The predicted molar refractivity (Wildman–Crippen MR) is 82.2 cm³/mol. The molecule has 0 N–H and O–H groups in total. The first kappa shape index (κ1) is 14.3. The molecule has 0 fully saturated rings. The fourth-order valence-electron chi connectivity index (χ4n) is 1.51. The number of thiazole rings is 1. The lowest BCUT2D eigenvalue weighted by atomic mass is 9.93. The van der Waals surface area contributed by atoms with E-state index in [0.29, 0.717) is 5.56 Å². The number of rotatable bonds is 4. The van der Waals surface area contributed by atoms with E-state index in [-0.39, 0.29) is 5.41 Å². The minimum atomic E-state index is 0.116. The van der Waals surface area contributed by atoms with Gasteiger partial charge in [0, 0.05) is 21.3 Å². The van der Waals surface area contributed by atoms with Crippen LogP contribution in [0.3, 0.4) is 0 Å². The standard InChI is InChI=1S/C15H17NOS2/c1-15(2,3)13-9-19-14(16-13)10-18-12-6-4-11(8-17)5-7-12/h4-9H,10H2,1-3H3. The predicted octanol–water partition coefficient (Wildman–Crippen LogP) is 4.55. The molecule has 4 heteroatoms. The van der Waals surface area contributed by atoms with Gasteiger partial charge < -0.3 is 0 Å². The molecule has 2 aromatic rings. The summed E-state index contributed by atoms with van der Waals surface area (Å²) >= 11 is 3.46. The van der Waals surface area contributed by atoms with E-state index in [1.807, 2.05) is 24.3 Å². The number of nitrogens with zero attached hydrogens (tertiary/aromatic N) is 1. The van der Waals surface area contributed by atoms with Crippen LogP contribution in [0.15, 0.2) is 34.5 Å². The fraction of sp³-hybridized carbons (Fsp3) is 0.333. The topological polar surface area (TPSA) is 30.0 Å². The third kappa shape index (κ3) is 3.91. The Morgan fingerprint density at radius 2 is 1.95 bits per heavy atom. The van der Waals surface area contributed by atoms with Gasteiger partial charge in [-0.1, -0.05) is 32.9 Å². The molecule has 19 heavy (non-hydrogen) atoms. The first-order valence-corrected chi connectivity index (χ1v) is 7.98. The zero-order valence-corrected chi connectivity index (χ0v) is 13.0. The fourth-order valence-corrected chi connectivity index (χ4v) is 3.45. The summed E-state index contributed by atoms with van der Waals surface area (Å²) in [6.07, 6.45) is 0.866. The number of thioether (sulfide) groups is 1. The second kappa shape index (κ2) is 5.88. The van der Waals surface area contributed by atoms with Gasteiger partial charge in [-0.25, -0.2) is 4.98 Å². The van der Waals surface area contributed by atoms with Gasteiger partial charge in [-0.2, -0.15) is 0 Å². The minimum absolute atomic E-state index is 0.116. The molecule has 0 aliphatic heterocycles. The van der Waals surface area contributed by atoms with Crippen LogP contribution in [0.1, 0.15) is 41.8 Å². The molecule has 2 rings (SSSR count). The van der Waals surface area contributed by atoms with Crippen LogP contribution in [0.5, 0.6) is 0 Å². The van der Waals surface area contributed by atoms with E-state index < -0.39 is 0 Å². The molecule has 0 amide bonds. The van der Waals surface area contributed by atoms with Gasteiger partial charge in [-0.05, 0) is 12.1 Å². The highest BCUT2D eigenvalue weighted by atomic mass is 32.2. The van der Waals surface area contributed by atoms with E-state index in [0.717, 1.165) is 27.6 Å². The second-order valence-corrected chi connectivity index (χ2v) is 7.34. The lowest BCUT2D eigenvalue weighted by molar-refractivity contribution is 0.112. The Morgan fingerprint density at radius 1 is 1.26 bits per heavy atom. The Morgan fingerprint density at radius 3 is 2.47 bits per heavy atom. The van der Waals surface area contributed by atoms with Crippen molar-refractivity contribution in [1.29, 1.82) is 0 Å². The van der Waals surface area contributed by atoms with Crippen molar-refractivity contribution in [3.8, 4) is 0 Å². The Balaban J connectivity index is 1.98. The average Bonchev–Trinajstić information content (AvgIpc) is 2.86. The highest BCUT2D eigenvalue weighted by Gasteiger charge is 2.17. The molecule has 100 valence electrons. The number of hydrogen-bond donors (Lipinski definition) is 0. The Kier molecular flexibility index (Phi) is 4.42. The van der Waals surface area contributed by atoms with Crippen LogP contribution < -0.4 is 0 Å². The summed E-state index contributed by atoms with van der Waals surface area (Å²) in [5.41, 5.74) is 1.99. The van der Waals surface area contributed by atoms with Crippen LogP contribution >= 0.6 is 23.1 Å². The summed E-state index contributed by atoms with van der Waals surface area (Å²) in [5.74, 6) is 0.876. The maximum Gasteiger partial charge on any atom is 0.150 e. The van der Waals surface area contributed by atoms with Crippen molar-refractivity contribution in [2.75, 3.05) is 0 Å². The van der Waals surface area contributed by atoms with Crippen molar-refractivity contribution in [3.05, 3.63) is 45.9 Å². The largest absolute Gasteiger partial charge is 0.298 e. The number of aromatic nitrogens is 1. The highest BCUT2D eigenvalue weighted by molar-refractivity contribution is 7.98. The molecule has 0 unspecified atom stereocenters. The Hall–Kier alpha value is -1.13. The number of benzene rings is 1. The van der Waals surface area contributed by atoms with Crippen molar-refractivity contribution in [3.63, 3.8) is 0 Å². The summed E-state index contributed by atoms with van der Waals surface area (Å²) in [5, 5.41) is 3.29. The molecule has 0 bridgehead atoms. The summed E-state index contributed by atoms with van der Waals surface area (Å²) in [6.45, 7) is 6.53. The molecule has 0 radical (unpaired) electrons. The van der Waals surface area contributed by atoms with E-state index in [1.54, 1.807) is 23.1 Å². The van der Waals surface area contributed by atoms with Gasteiger partial charge in [0.25, 0.3) is 0 Å². The monoisotopic (exact) mass is 291 g/mol. The lowest BCUT2D eigenvalue weighted by Gasteiger charge is -2.14. The Labute approximate surface area is 122 Å². The van der Waals surface area contributed by atoms with Crippen LogP contribution in [0.4, 0.5) is 0 Å². The van der Waals surface area contributed by atoms with Crippen molar-refractivity contribution in [2.45, 2.75) is 36.8 Å². The molecule has 0 atom stereocenters. The maximum absolute atomic E-state index is 10.6. The third-order valence-electron chi connectivity index (χ3n) is 2.70. The van der Waals surface area contributed by atoms with E-state index in [1.165, 1.54) is 0 Å². The van der Waals surface area contributed by atoms with Crippen molar-refractivity contribution in [1.82, 2.24) is 4.98 Å². The van der Waals surface area contributed by atoms with Gasteiger partial charge in [0.05, 0.1) is 11.4 Å². The second-order valence-electron chi connectivity index (χ2n) is 5.35. The molecule has 1 aromatic heterocycles. The molecule has 1 heterocycles. The molecular weight excluding hydrogens is 274 g/mol. The highest BCUT2D eigenvalue weighted by Crippen LogP contribution is 2.28. The van der Waals surface area contributed by atoms with Gasteiger partial charge in [0.1, 0.15) is 11.3 Å². The molecule has 0 aliphatic rings. The number of hydrogen-bond acceptors (Lipinski definition) is 4. The van der Waals surface area contributed by atoms with Crippen LogP contribution in [-0.2, 0) is 11.2 Å². The van der Waals surface area contributed by atoms with Gasteiger partial charge >= 0.3 is 0 Å². The van der Waals surface area contributed by atoms with Crippen molar-refractivity contribution < 1.29 is 4.79 Å². The molecule has 1 aromatic carbocycles. The average molecular weight is 291 g/mol. The molecule has 2 nitrogen and oxygen atoms in total. The summed E-state index contributed by atoms with van der Waals surface area (Å²) in [7, 11) is 0. The quantitative estimate of drug-likeness (QED) is 0.611. The van der Waals surface area contributed by atoms with E-state index in [4.69, 9.17) is 0 Å². The summed E-state index contributed by atoms with van der Waals surface area (Å²) in [4.78, 5) is 16.4. The maximum atomic E-state index is 10.6. The number of aldehydes is 1. The van der Waals surface area contributed by atoms with Crippen LogP contribution in [-0.4, -0.2) is 11.3 Å². The van der Waals surface area contributed by atoms with E-state index in [9.17, 15) is 4.79 Å². The van der Waals surface area contributed by atoms with Gasteiger partial charge in [0.2, 0.25) is 0 Å². The summed E-state index contributed by atoms with van der Waals surface area (Å²) in [6, 6.07) is 7.65. The molecule has 0 saturated carbocycles. The molecular formula is C15H17NOS2. The van der Waals surface area contributed by atoms with E-state index in [2.05, 4.69) is 31.1 Å². The number of carbonyl (C=O) groups excluding carboxylic acids is 1. The normalized spacial score (nSPS) is 11.5. The molecule has 0 saturated heterocycles. The Bertz CT molecular complexity index is 552. The van der Waals surface area contributed by atoms with Gasteiger partial charge in [-0.15, -0.1) is 23.1 Å². The van der Waals surface area contributed by atoms with Gasteiger partial charge in [-0.3, -0.25) is 4.79 Å². The first-order chi connectivity index (χ1) is 8.99.